The molecule has 0 aliphatic rings. The molecule has 0 unspecified atom stereocenters. The molecule has 6 aromatic heterocycles. The van der Waals surface area contributed by atoms with Gasteiger partial charge in [-0.05, 0) is 61.0 Å². The third-order valence-corrected chi connectivity index (χ3v) is 8.60. The SMILES string of the molecule is [2H]C([2H])(C)n1ncnc1CO.[2H]C([2H])([2H])C(C)(C)c1cc2nnc(-c3ccccc3F)n2nc1Cl.[2H]C([2H])([2H])C(C)(C)c1cc2nnc(-c3ccccc3F)n2nc1OCc1ncnn1C([2H])([2H])C([2H])([2H])[2H].[H-].[Na+]. The van der Waals surface area contributed by atoms with E-state index in [0.717, 1.165) is 11.0 Å². The first-order valence-corrected chi connectivity index (χ1v) is 17.8. The number of halogens is 3. The van der Waals surface area contributed by atoms with E-state index < -0.39 is 62.6 Å². The fourth-order valence-electron chi connectivity index (χ4n) is 5.39. The summed E-state index contributed by atoms with van der Waals surface area (Å²) >= 11 is 6.22. The minimum atomic E-state index is -3.06. The van der Waals surface area contributed by atoms with Gasteiger partial charge in [-0.1, -0.05) is 77.3 Å². The fourth-order valence-corrected chi connectivity index (χ4v) is 5.76. The van der Waals surface area contributed by atoms with Crippen molar-refractivity contribution in [3.8, 4) is 28.7 Å². The van der Waals surface area contributed by atoms with E-state index in [1.54, 1.807) is 38.1 Å². The van der Waals surface area contributed by atoms with Crippen LogP contribution in [0.1, 0.15) is 97.2 Å². The average Bonchev–Trinajstić information content (AvgIpc) is 4.11. The summed E-state index contributed by atoms with van der Waals surface area (Å²) in [5.74, 6) is -0.947. The van der Waals surface area contributed by atoms with Crippen molar-refractivity contribution in [1.82, 2.24) is 69.2 Å². The van der Waals surface area contributed by atoms with E-state index in [4.69, 9.17) is 39.3 Å². The van der Waals surface area contributed by atoms with Crippen LogP contribution < -0.4 is 34.3 Å². The van der Waals surface area contributed by atoms with Crippen LogP contribution in [0.2, 0.25) is 5.15 Å². The molecular formula is C40H46ClF2N14NaO2. The van der Waals surface area contributed by atoms with E-state index in [0.29, 0.717) is 15.9 Å². The monoisotopic (exact) mass is 863 g/mol. The van der Waals surface area contributed by atoms with Crippen LogP contribution in [0.25, 0.3) is 34.1 Å². The van der Waals surface area contributed by atoms with Crippen molar-refractivity contribution in [2.75, 3.05) is 0 Å². The Morgan fingerprint density at radius 2 is 1.28 bits per heavy atom. The van der Waals surface area contributed by atoms with Crippen molar-refractivity contribution in [2.45, 2.75) is 92.2 Å². The number of rotatable bonds is 8. The molecule has 8 aromatic rings. The second kappa shape index (κ2) is 19.4. The molecule has 6 heterocycles. The van der Waals surface area contributed by atoms with Crippen molar-refractivity contribution in [2.24, 2.45) is 0 Å². The van der Waals surface area contributed by atoms with Gasteiger partial charge >= 0.3 is 29.6 Å². The van der Waals surface area contributed by atoms with Gasteiger partial charge in [0.25, 0.3) is 0 Å². The van der Waals surface area contributed by atoms with Crippen LogP contribution >= 0.6 is 11.6 Å². The molecule has 1 N–H and O–H groups in total. The Bertz CT molecular complexity index is 3210. The summed E-state index contributed by atoms with van der Waals surface area (Å²) in [6.45, 7) is -5.73. The molecule has 60 heavy (non-hydrogen) atoms. The number of nitrogens with zero attached hydrogens (tertiary/aromatic N) is 14. The Kier molecular flexibility index (Phi) is 9.93. The molecule has 0 saturated heterocycles. The maximum atomic E-state index is 14.5. The zero-order valence-electron chi connectivity index (χ0n) is 47.1. The molecule has 0 fully saturated rings. The average molecular weight is 864 g/mol. The maximum Gasteiger partial charge on any atom is 1.00 e. The quantitative estimate of drug-likeness (QED) is 0.216. The smallest absolute Gasteiger partial charge is 1.00 e. The maximum absolute atomic E-state index is 14.5. The topological polar surface area (TPSA) is 177 Å². The van der Waals surface area contributed by atoms with Crippen LogP contribution in [0.3, 0.4) is 0 Å². The van der Waals surface area contributed by atoms with E-state index in [-0.39, 0.29) is 94.3 Å². The number of fused-ring (bicyclic) bond motifs is 2. The van der Waals surface area contributed by atoms with Gasteiger partial charge in [0.05, 0.1) is 16.6 Å². The summed E-state index contributed by atoms with van der Waals surface area (Å²) in [6.07, 6.45) is 2.19. The standard InChI is InChI=1S/C20H22FN7O.C15H14ClFN4.C5H9N3O.Na.H/c1-5-27-17(22-12-23-27)11-29-19-14(20(2,3)4)10-16-24-25-18(28(16)26-19)13-8-6-7-9-15(13)21;1-15(2,3)10-8-12-18-19-14(21(12)20-13(10)16)9-6-4-5-7-11(9)17;1-2-8-5(3-9)6-4-7-8;;/h6-10,12H,5,11H2,1-4H3;4-8H,1-3H3;4,9H,2-3H2,1H3;;/q;;;+1;-1/i1D3,2D3,5D2;1D3;2D2;;. The summed E-state index contributed by atoms with van der Waals surface area (Å²) < 4.78 is 138. The molecule has 8 rings (SSSR count). The van der Waals surface area contributed by atoms with Crippen molar-refractivity contribution < 1.29 is 67.4 Å². The first-order valence-electron chi connectivity index (χ1n) is 24.0. The van der Waals surface area contributed by atoms with Crippen molar-refractivity contribution in [3.05, 3.63) is 113 Å². The number of aromatic nitrogens is 14. The van der Waals surface area contributed by atoms with Crippen molar-refractivity contribution >= 4 is 22.9 Å². The molecular weight excluding hydrogens is 805 g/mol. The van der Waals surface area contributed by atoms with Crippen molar-refractivity contribution in [3.63, 3.8) is 0 Å². The van der Waals surface area contributed by atoms with E-state index in [1.165, 1.54) is 72.5 Å². The van der Waals surface area contributed by atoms with Gasteiger partial charge in [-0.3, -0.25) is 0 Å². The number of aliphatic hydroxyl groups excluding tert-OH is 1. The Morgan fingerprint density at radius 1 is 0.767 bits per heavy atom. The normalized spacial score (nSPS) is 15.8. The van der Waals surface area contributed by atoms with Gasteiger partial charge in [0, 0.05) is 36.5 Å². The predicted octanol–water partition coefficient (Wildman–Crippen LogP) is 4.21. The van der Waals surface area contributed by atoms with Crippen LogP contribution in [-0.4, -0.2) is 74.3 Å². The number of aryl methyl sites for hydroxylation is 2. The van der Waals surface area contributed by atoms with Gasteiger partial charge in [-0.25, -0.2) is 28.1 Å². The minimum Gasteiger partial charge on any atom is -1.00 e. The first-order chi connectivity index (χ1) is 33.2. The van der Waals surface area contributed by atoms with Crippen LogP contribution in [-0.2, 0) is 37.0 Å². The van der Waals surface area contributed by atoms with Crippen LogP contribution in [0.5, 0.6) is 5.88 Å². The number of hydrogen-bond donors (Lipinski definition) is 1. The van der Waals surface area contributed by atoms with Crippen LogP contribution in [0, 0.1) is 11.6 Å². The molecule has 0 radical (unpaired) electrons. The van der Waals surface area contributed by atoms with E-state index >= 15 is 0 Å². The first kappa shape index (κ1) is 30.7. The molecule has 0 amide bonds. The Morgan fingerprint density at radius 3 is 1.80 bits per heavy atom. The predicted molar refractivity (Wildman–Crippen MR) is 218 cm³/mol. The van der Waals surface area contributed by atoms with Crippen LogP contribution in [0.4, 0.5) is 8.78 Å². The number of aliphatic hydroxyl groups is 1. The van der Waals surface area contributed by atoms with Gasteiger partial charge in [-0.15, -0.1) is 25.5 Å². The minimum absolute atomic E-state index is 0. The largest absolute Gasteiger partial charge is 1.00 e. The zero-order chi connectivity index (χ0) is 53.6. The van der Waals surface area contributed by atoms with Gasteiger partial charge in [0.1, 0.15) is 37.5 Å². The summed E-state index contributed by atoms with van der Waals surface area (Å²) in [5.41, 5.74) is -1.49. The van der Waals surface area contributed by atoms with Crippen LogP contribution in [0.15, 0.2) is 73.3 Å². The summed E-state index contributed by atoms with van der Waals surface area (Å²) in [6, 6.07) is 14.9. The van der Waals surface area contributed by atoms with Gasteiger partial charge in [0.2, 0.25) is 5.88 Å². The van der Waals surface area contributed by atoms with Gasteiger partial charge in [0.15, 0.2) is 39.7 Å². The molecule has 0 spiro atoms. The molecule has 0 aliphatic carbocycles. The van der Waals surface area contributed by atoms with E-state index in [9.17, 15) is 8.78 Å². The number of benzene rings is 2. The third-order valence-electron chi connectivity index (χ3n) is 8.32. The van der Waals surface area contributed by atoms with E-state index in [1.807, 2.05) is 0 Å². The summed E-state index contributed by atoms with van der Waals surface area (Å²) in [7, 11) is 0. The molecule has 20 heteroatoms. The molecule has 0 bridgehead atoms. The molecule has 310 valence electrons. The van der Waals surface area contributed by atoms with E-state index in [2.05, 4.69) is 50.8 Å². The molecule has 16 nitrogen and oxygen atoms in total. The zero-order valence-corrected chi connectivity index (χ0v) is 35.8. The fraction of sp³-hybridized carbons (Fsp3) is 0.350. The number of hydrogen-bond acceptors (Lipinski definition) is 12. The molecule has 0 atom stereocenters. The Labute approximate surface area is 392 Å². The van der Waals surface area contributed by atoms with Gasteiger partial charge < -0.3 is 11.3 Å². The number of ether oxygens (including phenoxy) is 1. The Balaban J connectivity index is 0.000000273. The van der Waals surface area contributed by atoms with Gasteiger partial charge in [-0.2, -0.15) is 24.3 Å². The third kappa shape index (κ3) is 10.2. The molecule has 0 aliphatic heterocycles. The molecule has 2 aromatic carbocycles. The summed E-state index contributed by atoms with van der Waals surface area (Å²) in [4.78, 5) is 7.56. The van der Waals surface area contributed by atoms with Crippen molar-refractivity contribution in [1.29, 1.82) is 0 Å². The second-order valence-electron chi connectivity index (χ2n) is 13.5. The second-order valence-corrected chi connectivity index (χ2v) is 13.8. The molecule has 0 saturated carbocycles. The summed E-state index contributed by atoms with van der Waals surface area (Å²) in [5, 5.41) is 40.5. The Hall–Kier alpha value is -5.27.